The minimum atomic E-state index is -0.948. The lowest BCUT2D eigenvalue weighted by Gasteiger charge is -2.33. The van der Waals surface area contributed by atoms with Gasteiger partial charge in [-0.15, -0.1) is 0 Å². The predicted molar refractivity (Wildman–Crippen MR) is 96.7 cm³/mol. The van der Waals surface area contributed by atoms with Crippen molar-refractivity contribution in [2.75, 3.05) is 66.1 Å². The summed E-state index contributed by atoms with van der Waals surface area (Å²) in [5.74, 6) is -0.923. The van der Waals surface area contributed by atoms with Gasteiger partial charge in [0, 0.05) is 32.8 Å². The molecule has 0 aliphatic rings. The van der Waals surface area contributed by atoms with Crippen LogP contribution >= 0.6 is 0 Å². The van der Waals surface area contributed by atoms with Gasteiger partial charge in [0.05, 0.1) is 51.5 Å². The smallest absolute Gasteiger partial charge is 0.305 e. The van der Waals surface area contributed by atoms with E-state index in [0.717, 1.165) is 0 Å². The summed E-state index contributed by atoms with van der Waals surface area (Å²) in [6.45, 7) is 3.41. The van der Waals surface area contributed by atoms with Crippen LogP contribution in [0.1, 0.15) is 32.6 Å². The number of aliphatic hydroxyl groups excluding tert-OH is 2. The van der Waals surface area contributed by atoms with Gasteiger partial charge in [0.1, 0.15) is 5.78 Å². The number of hydrogen-bond donors (Lipinski definition) is 3. The second-order valence-corrected chi connectivity index (χ2v) is 6.46. The number of carbonyl (C=O) groups is 2. The quantitative estimate of drug-likeness (QED) is 0.249. The molecule has 0 spiro atoms. The maximum atomic E-state index is 11.1. The van der Waals surface area contributed by atoms with Crippen LogP contribution < -0.4 is 0 Å². The molecule has 0 aromatic heterocycles. The minimum Gasteiger partial charge on any atom is -0.481 e. The molecule has 0 rings (SSSR count). The van der Waals surface area contributed by atoms with Gasteiger partial charge in [-0.05, 0) is 19.8 Å². The highest BCUT2D eigenvalue weighted by Gasteiger charge is 2.32. The zero-order valence-corrected chi connectivity index (χ0v) is 16.2. The van der Waals surface area contributed by atoms with Crippen molar-refractivity contribution in [3.05, 3.63) is 0 Å². The molecule has 0 amide bonds. The fourth-order valence-electron chi connectivity index (χ4n) is 2.11. The molecule has 0 radical (unpaired) electrons. The van der Waals surface area contributed by atoms with E-state index in [1.807, 2.05) is 0 Å². The topological polar surface area (TPSA) is 132 Å². The molecule has 9 heteroatoms. The molecule has 0 aromatic rings. The molecule has 0 fully saturated rings. The number of carbonyl (C=O) groups excluding carboxylic acids is 1. The van der Waals surface area contributed by atoms with Crippen molar-refractivity contribution in [2.45, 2.75) is 32.6 Å². The van der Waals surface area contributed by atoms with Gasteiger partial charge in [-0.3, -0.25) is 9.59 Å². The molecule has 3 N–H and O–H groups in total. The first kappa shape index (κ1) is 25.9. The van der Waals surface area contributed by atoms with Crippen molar-refractivity contribution in [1.82, 2.24) is 0 Å². The van der Waals surface area contributed by atoms with E-state index >= 15 is 0 Å². The van der Waals surface area contributed by atoms with Gasteiger partial charge in [-0.25, -0.2) is 0 Å². The molecule has 0 heterocycles. The highest BCUT2D eigenvalue weighted by atomic mass is 16.5. The van der Waals surface area contributed by atoms with Crippen LogP contribution in [0.3, 0.4) is 0 Å². The van der Waals surface area contributed by atoms with Crippen LogP contribution in [0.25, 0.3) is 0 Å². The van der Waals surface area contributed by atoms with E-state index in [1.54, 1.807) is 0 Å². The van der Waals surface area contributed by atoms with Crippen molar-refractivity contribution in [3.63, 3.8) is 0 Å². The number of aliphatic carboxylic acids is 1. The van der Waals surface area contributed by atoms with E-state index in [9.17, 15) is 9.59 Å². The number of carboxylic acids is 1. The van der Waals surface area contributed by atoms with E-state index in [1.165, 1.54) is 6.92 Å². The first-order valence-electron chi connectivity index (χ1n) is 9.20. The number of carboxylic acid groups (broad SMARTS) is 1. The number of Topliss-reactive ketones (excluding diaryl/α,β-unsaturated/α-hetero) is 1. The Labute approximate surface area is 160 Å². The van der Waals surface area contributed by atoms with E-state index < -0.39 is 11.4 Å². The summed E-state index contributed by atoms with van der Waals surface area (Å²) in [6, 6.07) is 0. The van der Waals surface area contributed by atoms with Gasteiger partial charge >= 0.3 is 5.97 Å². The second-order valence-electron chi connectivity index (χ2n) is 6.46. The van der Waals surface area contributed by atoms with E-state index in [4.69, 9.17) is 34.3 Å². The molecule has 0 saturated carbocycles. The van der Waals surface area contributed by atoms with Gasteiger partial charge in [0.15, 0.2) is 0 Å². The predicted octanol–water partition coefficient (Wildman–Crippen LogP) is 0.258. The Balaban J connectivity index is 4.78. The summed E-state index contributed by atoms with van der Waals surface area (Å²) in [7, 11) is 0. The Hall–Kier alpha value is -1.10. The normalized spacial score (nSPS) is 11.7. The molecule has 9 nitrogen and oxygen atoms in total. The zero-order valence-electron chi connectivity index (χ0n) is 16.2. The van der Waals surface area contributed by atoms with Crippen molar-refractivity contribution in [2.24, 2.45) is 5.41 Å². The molecule has 160 valence electrons. The standard InChI is InChI=1S/C18H34O9/c1-16(21)4-10-26-14-18(12-24-8-2-6-19,13-25-9-3-7-20)15-27-11-5-17(22)23/h19-20H,2-15H2,1H3,(H,22,23). The number of hydrogen-bond acceptors (Lipinski definition) is 8. The van der Waals surface area contributed by atoms with Crippen LogP contribution in [-0.2, 0) is 28.5 Å². The molecule has 27 heavy (non-hydrogen) atoms. The zero-order chi connectivity index (χ0) is 20.4. The number of aliphatic hydroxyl groups is 2. The lowest BCUT2D eigenvalue weighted by Crippen LogP contribution is -2.42. The number of rotatable bonds is 20. The lowest BCUT2D eigenvalue weighted by atomic mass is 9.92. The summed E-state index contributed by atoms with van der Waals surface area (Å²) >= 11 is 0. The largest absolute Gasteiger partial charge is 0.481 e. The van der Waals surface area contributed by atoms with E-state index in [-0.39, 0.29) is 65.1 Å². The summed E-state index contributed by atoms with van der Waals surface area (Å²) in [6.07, 6.45) is 1.17. The molecule has 0 saturated heterocycles. The second kappa shape index (κ2) is 17.0. The van der Waals surface area contributed by atoms with Crippen LogP contribution in [0.5, 0.6) is 0 Å². The van der Waals surface area contributed by atoms with Gasteiger partial charge in [0.25, 0.3) is 0 Å². The summed E-state index contributed by atoms with van der Waals surface area (Å²) in [5, 5.41) is 26.5. The molecule has 0 aliphatic heterocycles. The van der Waals surface area contributed by atoms with Crippen LogP contribution in [-0.4, -0.2) is 93.1 Å². The molecule has 0 unspecified atom stereocenters. The van der Waals surface area contributed by atoms with Crippen molar-refractivity contribution in [3.8, 4) is 0 Å². The molecule has 0 atom stereocenters. The first-order chi connectivity index (χ1) is 13.0. The third kappa shape index (κ3) is 15.6. The highest BCUT2D eigenvalue weighted by Crippen LogP contribution is 2.21. The van der Waals surface area contributed by atoms with Crippen LogP contribution in [0.4, 0.5) is 0 Å². The van der Waals surface area contributed by atoms with E-state index in [0.29, 0.717) is 32.5 Å². The summed E-state index contributed by atoms with van der Waals surface area (Å²) in [4.78, 5) is 21.7. The third-order valence-corrected chi connectivity index (χ3v) is 3.59. The van der Waals surface area contributed by atoms with Crippen molar-refractivity contribution < 1.29 is 43.9 Å². The summed E-state index contributed by atoms with van der Waals surface area (Å²) < 4.78 is 22.4. The van der Waals surface area contributed by atoms with Gasteiger partial charge in [-0.2, -0.15) is 0 Å². The monoisotopic (exact) mass is 394 g/mol. The summed E-state index contributed by atoms with van der Waals surface area (Å²) in [5.41, 5.74) is -0.680. The van der Waals surface area contributed by atoms with Gasteiger partial charge in [-0.1, -0.05) is 0 Å². The van der Waals surface area contributed by atoms with Gasteiger partial charge in [0.2, 0.25) is 0 Å². The average molecular weight is 394 g/mol. The number of ketones is 1. The first-order valence-corrected chi connectivity index (χ1v) is 9.20. The Morgan fingerprint density at radius 1 is 0.741 bits per heavy atom. The molecule has 0 aliphatic carbocycles. The van der Waals surface area contributed by atoms with Crippen LogP contribution in [0.2, 0.25) is 0 Å². The number of ether oxygens (including phenoxy) is 4. The van der Waals surface area contributed by atoms with Crippen LogP contribution in [0, 0.1) is 5.41 Å². The SMILES string of the molecule is CC(=O)CCOCC(COCCCO)(COCCCO)COCCC(=O)O. The van der Waals surface area contributed by atoms with Crippen LogP contribution in [0.15, 0.2) is 0 Å². The maximum Gasteiger partial charge on any atom is 0.305 e. The van der Waals surface area contributed by atoms with E-state index in [2.05, 4.69) is 0 Å². The molecular weight excluding hydrogens is 360 g/mol. The molecule has 0 bridgehead atoms. The molecule has 0 aromatic carbocycles. The van der Waals surface area contributed by atoms with Crippen molar-refractivity contribution >= 4 is 11.8 Å². The fourth-order valence-corrected chi connectivity index (χ4v) is 2.11. The minimum absolute atomic E-state index is 0.0181. The third-order valence-electron chi connectivity index (χ3n) is 3.59. The average Bonchev–Trinajstić information content (AvgIpc) is 2.62. The highest BCUT2D eigenvalue weighted by molar-refractivity contribution is 5.75. The van der Waals surface area contributed by atoms with Crippen molar-refractivity contribution in [1.29, 1.82) is 0 Å². The Morgan fingerprint density at radius 3 is 1.52 bits per heavy atom. The maximum absolute atomic E-state index is 11.1. The fraction of sp³-hybridized carbons (Fsp3) is 0.889. The Kier molecular flexibility index (Phi) is 16.3. The molecular formula is C18H34O9. The Bertz CT molecular complexity index is 351. The van der Waals surface area contributed by atoms with Gasteiger partial charge < -0.3 is 34.3 Å². The Morgan fingerprint density at radius 2 is 1.15 bits per heavy atom. The lowest BCUT2D eigenvalue weighted by molar-refractivity contribution is -0.140.